The van der Waals surface area contributed by atoms with Gasteiger partial charge in [-0.1, -0.05) is 17.7 Å². The molecule has 0 radical (unpaired) electrons. The summed E-state index contributed by atoms with van der Waals surface area (Å²) in [6, 6.07) is 6.86. The Bertz CT molecular complexity index is 377. The number of benzene rings is 1. The van der Waals surface area contributed by atoms with Crippen LogP contribution in [0, 0.1) is 0 Å². The van der Waals surface area contributed by atoms with Gasteiger partial charge in [0, 0.05) is 5.02 Å². The molecule has 4 nitrogen and oxygen atoms in total. The number of halogens is 1. The second kappa shape index (κ2) is 4.62. The molecule has 0 heterocycles. The molecule has 0 aromatic heterocycles. The summed E-state index contributed by atoms with van der Waals surface area (Å²) >= 11 is 5.72. The van der Waals surface area contributed by atoms with E-state index in [0.717, 1.165) is 0 Å². The van der Waals surface area contributed by atoms with Crippen LogP contribution < -0.4 is 5.43 Å². The molecule has 14 heavy (non-hydrogen) atoms. The fraction of sp³-hybridized carbons (Fsp3) is 0.111. The Labute approximate surface area is 86.2 Å². The van der Waals surface area contributed by atoms with E-state index in [1.54, 1.807) is 24.3 Å². The molecule has 74 valence electrons. The van der Waals surface area contributed by atoms with Gasteiger partial charge in [0.25, 0.3) is 0 Å². The van der Waals surface area contributed by atoms with Crippen molar-refractivity contribution in [3.63, 3.8) is 0 Å². The normalized spacial score (nSPS) is 11.1. The lowest BCUT2D eigenvalue weighted by Crippen LogP contribution is -2.10. The average molecular weight is 213 g/mol. The lowest BCUT2D eigenvalue weighted by Gasteiger charge is -2.00. The van der Waals surface area contributed by atoms with E-state index in [9.17, 15) is 4.79 Å². The average Bonchev–Trinajstić information content (AvgIpc) is 2.14. The van der Waals surface area contributed by atoms with Crippen molar-refractivity contribution in [1.82, 2.24) is 0 Å². The summed E-state index contributed by atoms with van der Waals surface area (Å²) in [5.74, 6) is -1.06. The number of carboxylic acids is 1. The number of hydrogen-bond donors (Lipinski definition) is 2. The second-order valence-electron chi connectivity index (χ2n) is 2.62. The van der Waals surface area contributed by atoms with Gasteiger partial charge in [-0.15, -0.1) is 0 Å². The zero-order valence-corrected chi connectivity index (χ0v) is 8.25. The highest BCUT2D eigenvalue weighted by Gasteiger charge is 2.00. The fourth-order valence-electron chi connectivity index (χ4n) is 0.754. The summed E-state index contributed by atoms with van der Waals surface area (Å²) in [5.41, 5.74) is 3.23. The highest BCUT2D eigenvalue weighted by molar-refractivity contribution is 6.34. The van der Waals surface area contributed by atoms with Gasteiger partial charge in [0.15, 0.2) is 0 Å². The zero-order valence-electron chi connectivity index (χ0n) is 7.49. The van der Waals surface area contributed by atoms with E-state index in [0.29, 0.717) is 10.7 Å². The number of aliphatic carboxylic acids is 1. The number of nitrogens with one attached hydrogen (secondary N) is 1. The van der Waals surface area contributed by atoms with Crippen LogP contribution in [0.25, 0.3) is 0 Å². The third kappa shape index (κ3) is 3.06. The van der Waals surface area contributed by atoms with Crippen LogP contribution in [-0.2, 0) is 4.79 Å². The summed E-state index contributed by atoms with van der Waals surface area (Å²) in [6.07, 6.45) is 0. The maximum Gasteiger partial charge on any atom is 0.351 e. The van der Waals surface area contributed by atoms with Gasteiger partial charge < -0.3 is 5.11 Å². The molecule has 0 atom stereocenters. The Kier molecular flexibility index (Phi) is 3.48. The summed E-state index contributed by atoms with van der Waals surface area (Å²) in [5, 5.41) is 12.7. The first-order valence-corrected chi connectivity index (χ1v) is 4.26. The number of nitrogens with zero attached hydrogens (tertiary/aromatic N) is 1. The molecule has 0 unspecified atom stereocenters. The van der Waals surface area contributed by atoms with Gasteiger partial charge in [0.2, 0.25) is 0 Å². The molecule has 0 aliphatic heterocycles. The molecule has 0 saturated carbocycles. The summed E-state index contributed by atoms with van der Waals surface area (Å²) in [4.78, 5) is 10.4. The van der Waals surface area contributed by atoms with Crippen molar-refractivity contribution in [3.8, 4) is 0 Å². The first kappa shape index (κ1) is 10.5. The summed E-state index contributed by atoms with van der Waals surface area (Å²) < 4.78 is 0. The van der Waals surface area contributed by atoms with Crippen LogP contribution in [0.15, 0.2) is 29.4 Å². The Morgan fingerprint density at radius 3 is 2.86 bits per heavy atom. The number of carbonyl (C=O) groups is 1. The molecule has 1 rings (SSSR count). The molecule has 0 aliphatic rings. The third-order valence-electron chi connectivity index (χ3n) is 1.49. The topological polar surface area (TPSA) is 61.7 Å². The minimum Gasteiger partial charge on any atom is -0.477 e. The first-order valence-electron chi connectivity index (χ1n) is 3.89. The SMILES string of the molecule is C/C(=N/Nc1cccc(Cl)c1)C(=O)O. The number of carboxylic acid groups (broad SMARTS) is 1. The third-order valence-corrected chi connectivity index (χ3v) is 1.72. The Hall–Kier alpha value is -1.55. The molecule has 0 saturated heterocycles. The minimum absolute atomic E-state index is 0.00928. The fourth-order valence-corrected chi connectivity index (χ4v) is 0.945. The molecule has 1 aromatic carbocycles. The van der Waals surface area contributed by atoms with E-state index in [1.807, 2.05) is 0 Å². The van der Waals surface area contributed by atoms with Crippen LogP contribution in [0.1, 0.15) is 6.92 Å². The van der Waals surface area contributed by atoms with E-state index in [2.05, 4.69) is 10.5 Å². The molecule has 0 amide bonds. The quantitative estimate of drug-likeness (QED) is 0.597. The molecule has 2 N–H and O–H groups in total. The van der Waals surface area contributed by atoms with Gasteiger partial charge in [0.1, 0.15) is 5.71 Å². The van der Waals surface area contributed by atoms with Crippen LogP contribution in [0.4, 0.5) is 5.69 Å². The van der Waals surface area contributed by atoms with Crippen molar-refractivity contribution in [3.05, 3.63) is 29.3 Å². The minimum atomic E-state index is -1.06. The van der Waals surface area contributed by atoms with Gasteiger partial charge in [-0.2, -0.15) is 5.10 Å². The Morgan fingerprint density at radius 1 is 1.57 bits per heavy atom. The lowest BCUT2D eigenvalue weighted by molar-refractivity contribution is -0.129. The molecule has 0 spiro atoms. The van der Waals surface area contributed by atoms with Crippen LogP contribution >= 0.6 is 11.6 Å². The van der Waals surface area contributed by atoms with E-state index < -0.39 is 5.97 Å². The predicted octanol–water partition coefficient (Wildman–Crippen LogP) is 2.21. The molecule has 0 bridgehead atoms. The number of hydrazone groups is 1. The predicted molar refractivity (Wildman–Crippen MR) is 55.8 cm³/mol. The largest absolute Gasteiger partial charge is 0.477 e. The Balaban J connectivity index is 2.71. The van der Waals surface area contributed by atoms with Crippen molar-refractivity contribution < 1.29 is 9.90 Å². The molecule has 0 aliphatic carbocycles. The van der Waals surface area contributed by atoms with E-state index in [-0.39, 0.29) is 5.71 Å². The summed E-state index contributed by atoms with van der Waals surface area (Å²) in [6.45, 7) is 1.40. The van der Waals surface area contributed by atoms with E-state index in [4.69, 9.17) is 16.7 Å². The molecular weight excluding hydrogens is 204 g/mol. The van der Waals surface area contributed by atoms with Gasteiger partial charge >= 0.3 is 5.97 Å². The van der Waals surface area contributed by atoms with Crippen molar-refractivity contribution in [2.75, 3.05) is 5.43 Å². The monoisotopic (exact) mass is 212 g/mol. The van der Waals surface area contributed by atoms with Gasteiger partial charge in [-0.05, 0) is 25.1 Å². The first-order chi connectivity index (χ1) is 6.59. The van der Waals surface area contributed by atoms with Crippen LogP contribution in [0.2, 0.25) is 5.02 Å². The standard InChI is InChI=1S/C9H9ClN2O2/c1-6(9(13)14)11-12-8-4-2-3-7(10)5-8/h2-5,12H,1H3,(H,13,14)/b11-6-. The molecule has 5 heteroatoms. The highest BCUT2D eigenvalue weighted by atomic mass is 35.5. The van der Waals surface area contributed by atoms with Crippen molar-refractivity contribution >= 4 is 29.0 Å². The van der Waals surface area contributed by atoms with Gasteiger partial charge in [-0.3, -0.25) is 5.43 Å². The maximum absolute atomic E-state index is 10.4. The van der Waals surface area contributed by atoms with E-state index >= 15 is 0 Å². The zero-order chi connectivity index (χ0) is 10.6. The Morgan fingerprint density at radius 2 is 2.29 bits per heavy atom. The van der Waals surface area contributed by atoms with Crippen molar-refractivity contribution in [2.45, 2.75) is 6.92 Å². The molecular formula is C9H9ClN2O2. The number of hydrogen-bond acceptors (Lipinski definition) is 3. The van der Waals surface area contributed by atoms with Crippen molar-refractivity contribution in [1.29, 1.82) is 0 Å². The maximum atomic E-state index is 10.4. The van der Waals surface area contributed by atoms with Gasteiger partial charge in [-0.25, -0.2) is 4.79 Å². The van der Waals surface area contributed by atoms with Crippen LogP contribution in [0.3, 0.4) is 0 Å². The lowest BCUT2D eigenvalue weighted by atomic mass is 10.3. The number of rotatable bonds is 3. The van der Waals surface area contributed by atoms with Crippen LogP contribution in [-0.4, -0.2) is 16.8 Å². The second-order valence-corrected chi connectivity index (χ2v) is 3.06. The molecule has 0 fully saturated rings. The van der Waals surface area contributed by atoms with Crippen LogP contribution in [0.5, 0.6) is 0 Å². The van der Waals surface area contributed by atoms with E-state index in [1.165, 1.54) is 6.92 Å². The molecule has 1 aromatic rings. The van der Waals surface area contributed by atoms with Gasteiger partial charge in [0.05, 0.1) is 5.69 Å². The smallest absolute Gasteiger partial charge is 0.351 e. The number of anilines is 1. The summed E-state index contributed by atoms with van der Waals surface area (Å²) in [7, 11) is 0. The highest BCUT2D eigenvalue weighted by Crippen LogP contribution is 2.14. The van der Waals surface area contributed by atoms with Crippen molar-refractivity contribution in [2.24, 2.45) is 5.10 Å².